The lowest BCUT2D eigenvalue weighted by Gasteiger charge is -2.05. The van der Waals surface area contributed by atoms with Crippen LogP contribution in [0, 0.1) is 17.2 Å². The lowest BCUT2D eigenvalue weighted by atomic mass is 10.2. The van der Waals surface area contributed by atoms with Crippen molar-refractivity contribution >= 4 is 5.97 Å². The quantitative estimate of drug-likeness (QED) is 0.286. The molecule has 0 spiro atoms. The third kappa shape index (κ3) is 4.81. The number of nitriles is 1. The first-order chi connectivity index (χ1) is 6.11. The molecule has 0 fully saturated rings. The Hall–Kier alpha value is -1.56. The molecule has 0 amide bonds. The van der Waals surface area contributed by atoms with Gasteiger partial charge in [-0.15, -0.1) is 0 Å². The van der Waals surface area contributed by atoms with Crippen molar-refractivity contribution in [1.82, 2.24) is 0 Å². The summed E-state index contributed by atoms with van der Waals surface area (Å²) in [6.07, 6.45) is 2.72. The van der Waals surface area contributed by atoms with E-state index in [0.29, 0.717) is 6.61 Å². The summed E-state index contributed by atoms with van der Waals surface area (Å²) in [5, 5.41) is 8.53. The summed E-state index contributed by atoms with van der Waals surface area (Å²) in [6.45, 7) is 7.57. The summed E-state index contributed by atoms with van der Waals surface area (Å²) in [5.74, 6) is -0.316. The van der Waals surface area contributed by atoms with Crippen molar-refractivity contribution in [1.29, 1.82) is 5.26 Å². The van der Waals surface area contributed by atoms with Crippen LogP contribution in [0.1, 0.15) is 13.8 Å². The van der Waals surface area contributed by atoms with Gasteiger partial charge in [0.15, 0.2) is 0 Å². The Bertz CT molecular complexity index is 259. The lowest BCUT2D eigenvalue weighted by molar-refractivity contribution is -0.139. The van der Waals surface area contributed by atoms with Crippen LogP contribution in [0.25, 0.3) is 0 Å². The van der Waals surface area contributed by atoms with E-state index in [2.05, 4.69) is 6.58 Å². The van der Waals surface area contributed by atoms with E-state index in [-0.39, 0.29) is 11.5 Å². The third-order valence-electron chi connectivity index (χ3n) is 1.17. The summed E-state index contributed by atoms with van der Waals surface area (Å²) in [6, 6.07) is 1.74. The maximum Gasteiger partial charge on any atom is 0.348 e. The minimum absolute atomic E-state index is 0.0179. The van der Waals surface area contributed by atoms with E-state index in [4.69, 9.17) is 10.00 Å². The van der Waals surface area contributed by atoms with Crippen LogP contribution in [0.3, 0.4) is 0 Å². The molecule has 0 atom stereocenters. The van der Waals surface area contributed by atoms with Crippen LogP contribution in [0.4, 0.5) is 0 Å². The lowest BCUT2D eigenvalue weighted by Crippen LogP contribution is -2.11. The molecule has 0 N–H and O–H groups in total. The van der Waals surface area contributed by atoms with Gasteiger partial charge in [-0.25, -0.2) is 4.79 Å². The second-order valence-electron chi connectivity index (χ2n) is 2.92. The summed E-state index contributed by atoms with van der Waals surface area (Å²) < 4.78 is 4.83. The van der Waals surface area contributed by atoms with Crippen molar-refractivity contribution in [3.05, 3.63) is 24.3 Å². The zero-order valence-electron chi connectivity index (χ0n) is 7.91. The van der Waals surface area contributed by atoms with E-state index < -0.39 is 5.97 Å². The van der Waals surface area contributed by atoms with Gasteiger partial charge in [0.05, 0.1) is 6.61 Å². The number of hydrogen-bond donors (Lipinski definition) is 0. The minimum atomic E-state index is -0.587. The Labute approximate surface area is 78.3 Å². The van der Waals surface area contributed by atoms with E-state index in [1.807, 2.05) is 13.8 Å². The Balaban J connectivity index is 4.18. The van der Waals surface area contributed by atoms with Gasteiger partial charge < -0.3 is 4.74 Å². The number of carbonyl (C=O) groups excluding carboxylic acids is 1. The Morgan fingerprint density at radius 1 is 1.69 bits per heavy atom. The molecular weight excluding hydrogens is 166 g/mol. The predicted molar refractivity (Wildman–Crippen MR) is 49.7 cm³/mol. The normalized spacial score (nSPS) is 10.8. The van der Waals surface area contributed by atoms with Gasteiger partial charge >= 0.3 is 5.97 Å². The molecule has 0 aromatic carbocycles. The highest BCUT2D eigenvalue weighted by molar-refractivity contribution is 5.93. The highest BCUT2D eigenvalue weighted by atomic mass is 16.5. The largest absolute Gasteiger partial charge is 0.461 e. The maximum atomic E-state index is 11.1. The van der Waals surface area contributed by atoms with Crippen molar-refractivity contribution in [2.75, 3.05) is 6.61 Å². The van der Waals surface area contributed by atoms with Gasteiger partial charge in [0.2, 0.25) is 0 Å². The van der Waals surface area contributed by atoms with Crippen LogP contribution in [0.5, 0.6) is 0 Å². The van der Waals surface area contributed by atoms with Crippen LogP contribution in [-0.4, -0.2) is 12.6 Å². The molecular formula is C10H13NO2. The molecule has 0 unspecified atom stereocenters. The van der Waals surface area contributed by atoms with Crippen molar-refractivity contribution in [2.45, 2.75) is 13.8 Å². The highest BCUT2D eigenvalue weighted by Gasteiger charge is 2.09. The Kier molecular flexibility index (Phi) is 5.29. The molecule has 13 heavy (non-hydrogen) atoms. The van der Waals surface area contributed by atoms with Gasteiger partial charge in [-0.05, 0) is 12.0 Å². The molecule has 0 bridgehead atoms. The second-order valence-corrected chi connectivity index (χ2v) is 2.92. The monoisotopic (exact) mass is 179 g/mol. The average molecular weight is 179 g/mol. The molecule has 3 nitrogen and oxygen atoms in total. The van der Waals surface area contributed by atoms with Crippen molar-refractivity contribution in [2.24, 2.45) is 5.92 Å². The summed E-state index contributed by atoms with van der Waals surface area (Å²) in [5.41, 5.74) is -0.0179. The number of allylic oxidation sites excluding steroid dienone is 2. The smallest absolute Gasteiger partial charge is 0.348 e. The van der Waals surface area contributed by atoms with Gasteiger partial charge in [-0.1, -0.05) is 26.5 Å². The predicted octanol–water partition coefficient (Wildman–Crippen LogP) is 1.82. The first kappa shape index (κ1) is 11.4. The third-order valence-corrected chi connectivity index (χ3v) is 1.17. The molecule has 0 aromatic heterocycles. The zero-order valence-corrected chi connectivity index (χ0v) is 7.91. The van der Waals surface area contributed by atoms with E-state index in [1.165, 1.54) is 12.2 Å². The number of carbonyl (C=O) groups is 1. The van der Waals surface area contributed by atoms with Crippen LogP contribution in [0.2, 0.25) is 0 Å². The minimum Gasteiger partial charge on any atom is -0.461 e. The van der Waals surface area contributed by atoms with E-state index in [0.717, 1.165) is 0 Å². The first-order valence-corrected chi connectivity index (χ1v) is 4.01. The van der Waals surface area contributed by atoms with Crippen LogP contribution >= 0.6 is 0 Å². The molecule has 70 valence electrons. The molecule has 0 saturated heterocycles. The van der Waals surface area contributed by atoms with Crippen LogP contribution < -0.4 is 0 Å². The van der Waals surface area contributed by atoms with E-state index in [1.54, 1.807) is 6.07 Å². The average Bonchev–Trinajstić information content (AvgIpc) is 2.10. The van der Waals surface area contributed by atoms with Gasteiger partial charge in [0, 0.05) is 0 Å². The van der Waals surface area contributed by atoms with E-state index in [9.17, 15) is 4.79 Å². The number of hydrogen-bond acceptors (Lipinski definition) is 3. The molecule has 0 saturated carbocycles. The summed E-state index contributed by atoms with van der Waals surface area (Å²) >= 11 is 0. The second kappa shape index (κ2) is 6.01. The Morgan fingerprint density at radius 3 is 2.69 bits per heavy atom. The van der Waals surface area contributed by atoms with Crippen LogP contribution in [0.15, 0.2) is 24.3 Å². The molecule has 3 heteroatoms. The molecule has 0 aliphatic rings. The molecule has 0 aliphatic carbocycles. The fraction of sp³-hybridized carbons (Fsp3) is 0.400. The van der Waals surface area contributed by atoms with Gasteiger partial charge in [0.1, 0.15) is 11.6 Å². The first-order valence-electron chi connectivity index (χ1n) is 4.01. The molecule has 0 aliphatic heterocycles. The summed E-state index contributed by atoms with van der Waals surface area (Å²) in [7, 11) is 0. The van der Waals surface area contributed by atoms with Crippen molar-refractivity contribution in [3.8, 4) is 6.07 Å². The fourth-order valence-corrected chi connectivity index (χ4v) is 0.589. The fourth-order valence-electron chi connectivity index (χ4n) is 0.589. The maximum absolute atomic E-state index is 11.1. The molecule has 0 aromatic rings. The molecule has 0 heterocycles. The van der Waals surface area contributed by atoms with Gasteiger partial charge in [-0.3, -0.25) is 0 Å². The van der Waals surface area contributed by atoms with Crippen molar-refractivity contribution < 1.29 is 9.53 Å². The number of rotatable bonds is 4. The molecule has 0 rings (SSSR count). The standard InChI is InChI=1S/C10H13NO2/c1-4-5-9(6-11)10(12)13-7-8(2)3/h4-5,8H,1,7H2,2-3H3. The van der Waals surface area contributed by atoms with Gasteiger partial charge in [0.25, 0.3) is 0 Å². The van der Waals surface area contributed by atoms with Crippen LogP contribution in [-0.2, 0) is 9.53 Å². The summed E-state index contributed by atoms with van der Waals surface area (Å²) in [4.78, 5) is 11.1. The zero-order chi connectivity index (χ0) is 10.3. The molecule has 0 radical (unpaired) electrons. The van der Waals surface area contributed by atoms with Crippen molar-refractivity contribution in [3.63, 3.8) is 0 Å². The van der Waals surface area contributed by atoms with Gasteiger partial charge in [-0.2, -0.15) is 5.26 Å². The SMILES string of the molecule is C=CC=C(C#N)C(=O)OCC(C)C. The Morgan fingerprint density at radius 2 is 2.31 bits per heavy atom. The number of nitrogens with zero attached hydrogens (tertiary/aromatic N) is 1. The highest BCUT2D eigenvalue weighted by Crippen LogP contribution is 2.00. The number of ether oxygens (including phenoxy) is 1. The van der Waals surface area contributed by atoms with E-state index >= 15 is 0 Å². The number of esters is 1. The topological polar surface area (TPSA) is 50.1 Å².